The zero-order valence-corrected chi connectivity index (χ0v) is 9.07. The molecule has 0 bridgehead atoms. The van der Waals surface area contributed by atoms with Gasteiger partial charge in [-0.05, 0) is 0 Å². The minimum absolute atomic E-state index is 1.37. The second-order valence-corrected chi connectivity index (χ2v) is 3.83. The summed E-state index contributed by atoms with van der Waals surface area (Å²) in [6.45, 7) is 4.56. The molecule has 0 rings (SSSR count). The summed E-state index contributed by atoms with van der Waals surface area (Å²) in [4.78, 5) is 0. The Bertz CT molecular complexity index is 61.4. The molecule has 0 aliphatic heterocycles. The van der Waals surface area contributed by atoms with Crippen LogP contribution in [0.1, 0.15) is 58.8 Å². The smallest absolute Gasteiger partial charge is 0.0774 e. The highest BCUT2D eigenvalue weighted by Gasteiger charge is 1.92. The van der Waals surface area contributed by atoms with Crippen molar-refractivity contribution in [1.82, 2.24) is 0 Å². The summed E-state index contributed by atoms with van der Waals surface area (Å²) in [5.41, 5.74) is 0. The maximum Gasteiger partial charge on any atom is 0.120 e. The van der Waals surface area contributed by atoms with Gasteiger partial charge in [-0.2, -0.15) is 0 Å². The first-order valence-corrected chi connectivity index (χ1v) is 5.91. The molecular formula is C11H25B. The number of hydrogen-bond acceptors (Lipinski definition) is 0. The Morgan fingerprint density at radius 2 is 1.17 bits per heavy atom. The third-order valence-electron chi connectivity index (χ3n) is 2.46. The van der Waals surface area contributed by atoms with Gasteiger partial charge in [-0.1, -0.05) is 71.4 Å². The molecule has 0 heterocycles. The molecule has 72 valence electrons. The molecule has 0 aliphatic carbocycles. The highest BCUT2D eigenvalue weighted by Crippen LogP contribution is 2.05. The van der Waals surface area contributed by atoms with E-state index in [1.807, 2.05) is 0 Å². The summed E-state index contributed by atoms with van der Waals surface area (Å²) in [6.07, 6.45) is 13.0. The molecule has 0 aromatic heterocycles. The fraction of sp³-hybridized carbons (Fsp3) is 1.00. The Hall–Kier alpha value is 0.0649. The summed E-state index contributed by atoms with van der Waals surface area (Å²) in [6, 6.07) is 0. The van der Waals surface area contributed by atoms with Crippen LogP contribution in [0.4, 0.5) is 0 Å². The van der Waals surface area contributed by atoms with Gasteiger partial charge >= 0.3 is 0 Å². The summed E-state index contributed by atoms with van der Waals surface area (Å²) >= 11 is 0. The van der Waals surface area contributed by atoms with Crippen molar-refractivity contribution in [3.05, 3.63) is 0 Å². The van der Waals surface area contributed by atoms with Gasteiger partial charge in [0.25, 0.3) is 0 Å². The first-order valence-electron chi connectivity index (χ1n) is 5.91. The molecule has 1 heteroatoms. The summed E-state index contributed by atoms with van der Waals surface area (Å²) in [5.74, 6) is 0. The van der Waals surface area contributed by atoms with Gasteiger partial charge in [0.05, 0.1) is 0 Å². The molecule has 0 nitrogen and oxygen atoms in total. The molecule has 0 atom stereocenters. The summed E-state index contributed by atoms with van der Waals surface area (Å²) in [7, 11) is 1.48. The van der Waals surface area contributed by atoms with Crippen LogP contribution in [-0.4, -0.2) is 7.28 Å². The maximum absolute atomic E-state index is 2.28. The van der Waals surface area contributed by atoms with Crippen molar-refractivity contribution in [3.63, 3.8) is 0 Å². The minimum Gasteiger partial charge on any atom is -0.0774 e. The lowest BCUT2D eigenvalue weighted by molar-refractivity contribution is 0.698. The third kappa shape index (κ3) is 10.1. The molecule has 0 N–H and O–H groups in total. The summed E-state index contributed by atoms with van der Waals surface area (Å²) < 4.78 is 0. The first kappa shape index (κ1) is 12.1. The van der Waals surface area contributed by atoms with Crippen LogP contribution in [0.25, 0.3) is 0 Å². The predicted octanol–water partition coefficient (Wildman–Crippen LogP) is 4.03. The van der Waals surface area contributed by atoms with E-state index in [4.69, 9.17) is 0 Å². The van der Waals surface area contributed by atoms with Gasteiger partial charge in [-0.15, -0.1) is 0 Å². The van der Waals surface area contributed by atoms with E-state index < -0.39 is 0 Å². The van der Waals surface area contributed by atoms with Crippen LogP contribution in [0.15, 0.2) is 0 Å². The lowest BCUT2D eigenvalue weighted by atomic mass is 9.68. The topological polar surface area (TPSA) is 0 Å². The van der Waals surface area contributed by atoms with Gasteiger partial charge in [0.2, 0.25) is 0 Å². The van der Waals surface area contributed by atoms with Gasteiger partial charge in [0.1, 0.15) is 7.28 Å². The van der Waals surface area contributed by atoms with E-state index in [-0.39, 0.29) is 0 Å². The molecular weight excluding hydrogens is 143 g/mol. The minimum atomic E-state index is 1.37. The van der Waals surface area contributed by atoms with Crippen LogP contribution in [0, 0.1) is 0 Å². The Labute approximate surface area is 79.4 Å². The molecule has 0 saturated heterocycles. The van der Waals surface area contributed by atoms with Crippen molar-refractivity contribution in [3.8, 4) is 0 Å². The van der Waals surface area contributed by atoms with Crippen molar-refractivity contribution >= 4 is 7.28 Å². The lowest BCUT2D eigenvalue weighted by Gasteiger charge is -1.98. The lowest BCUT2D eigenvalue weighted by Crippen LogP contribution is -1.89. The highest BCUT2D eigenvalue weighted by molar-refractivity contribution is 6.35. The number of hydrogen-bond donors (Lipinski definition) is 0. The molecule has 0 saturated carbocycles. The molecule has 0 fully saturated rings. The Kier molecular flexibility index (Phi) is 11.1. The monoisotopic (exact) mass is 168 g/mol. The molecule has 0 amide bonds. The predicted molar refractivity (Wildman–Crippen MR) is 60.4 cm³/mol. The molecule has 0 spiro atoms. The van der Waals surface area contributed by atoms with Gasteiger partial charge in [0.15, 0.2) is 0 Å². The van der Waals surface area contributed by atoms with E-state index >= 15 is 0 Å². The van der Waals surface area contributed by atoms with Crippen LogP contribution in [0.2, 0.25) is 12.6 Å². The van der Waals surface area contributed by atoms with Crippen LogP contribution in [-0.2, 0) is 0 Å². The van der Waals surface area contributed by atoms with Gasteiger partial charge in [0, 0.05) is 0 Å². The van der Waals surface area contributed by atoms with E-state index in [0.717, 1.165) is 0 Å². The van der Waals surface area contributed by atoms with Crippen LogP contribution >= 0.6 is 0 Å². The molecule has 0 aromatic carbocycles. The summed E-state index contributed by atoms with van der Waals surface area (Å²) in [5, 5.41) is 0. The Morgan fingerprint density at radius 3 is 1.75 bits per heavy atom. The second-order valence-electron chi connectivity index (χ2n) is 3.83. The van der Waals surface area contributed by atoms with Crippen molar-refractivity contribution in [2.75, 3.05) is 0 Å². The quantitative estimate of drug-likeness (QED) is 0.360. The second kappa shape index (κ2) is 11.1. The van der Waals surface area contributed by atoms with E-state index in [9.17, 15) is 0 Å². The van der Waals surface area contributed by atoms with E-state index in [1.54, 1.807) is 0 Å². The zero-order valence-electron chi connectivity index (χ0n) is 9.07. The van der Waals surface area contributed by atoms with Gasteiger partial charge in [-0.3, -0.25) is 0 Å². The molecule has 0 radical (unpaired) electrons. The van der Waals surface area contributed by atoms with Crippen molar-refractivity contribution < 1.29 is 0 Å². The Morgan fingerprint density at radius 1 is 0.667 bits per heavy atom. The standard InChI is InChI=1S/C11H25B/c1-3-5-7-9-11-12-10-8-6-4-2/h12H,3-11H2,1-2H3. The molecule has 0 unspecified atom stereocenters. The third-order valence-corrected chi connectivity index (χ3v) is 2.46. The maximum atomic E-state index is 2.28. The zero-order chi connectivity index (χ0) is 9.07. The molecule has 0 aliphatic rings. The van der Waals surface area contributed by atoms with Gasteiger partial charge in [-0.25, -0.2) is 0 Å². The highest BCUT2D eigenvalue weighted by atomic mass is 13.9. The van der Waals surface area contributed by atoms with Gasteiger partial charge < -0.3 is 0 Å². The average Bonchev–Trinajstić information content (AvgIpc) is 2.10. The fourth-order valence-electron chi connectivity index (χ4n) is 1.56. The average molecular weight is 168 g/mol. The SMILES string of the molecule is CCCCCBCCCCCC. The molecule has 12 heavy (non-hydrogen) atoms. The van der Waals surface area contributed by atoms with Crippen LogP contribution in [0.5, 0.6) is 0 Å². The normalized spacial score (nSPS) is 10.2. The van der Waals surface area contributed by atoms with Crippen molar-refractivity contribution in [2.45, 2.75) is 71.4 Å². The van der Waals surface area contributed by atoms with Crippen LogP contribution < -0.4 is 0 Å². The number of unbranched alkanes of at least 4 members (excludes halogenated alkanes) is 5. The first-order chi connectivity index (χ1) is 5.91. The fourth-order valence-corrected chi connectivity index (χ4v) is 1.56. The van der Waals surface area contributed by atoms with E-state index in [2.05, 4.69) is 13.8 Å². The molecule has 0 aromatic rings. The van der Waals surface area contributed by atoms with Crippen molar-refractivity contribution in [1.29, 1.82) is 0 Å². The van der Waals surface area contributed by atoms with Crippen molar-refractivity contribution in [2.24, 2.45) is 0 Å². The largest absolute Gasteiger partial charge is 0.120 e. The van der Waals surface area contributed by atoms with E-state index in [1.165, 1.54) is 64.9 Å². The van der Waals surface area contributed by atoms with E-state index in [0.29, 0.717) is 0 Å². The van der Waals surface area contributed by atoms with Crippen LogP contribution in [0.3, 0.4) is 0 Å². The Balaban J connectivity index is 2.73. The number of rotatable bonds is 9.